The highest BCUT2D eigenvalue weighted by Gasteiger charge is 2.33. The molecule has 0 radical (unpaired) electrons. The highest BCUT2D eigenvalue weighted by Crippen LogP contribution is 2.34. The molecule has 1 heterocycles. The Morgan fingerprint density at radius 2 is 1.76 bits per heavy atom. The molecule has 0 aliphatic carbocycles. The van der Waals surface area contributed by atoms with Crippen molar-refractivity contribution in [2.75, 3.05) is 6.54 Å². The van der Waals surface area contributed by atoms with Gasteiger partial charge in [0.15, 0.2) is 0 Å². The lowest BCUT2D eigenvalue weighted by molar-refractivity contribution is -0.137. The molecule has 106 valence electrons. The van der Waals surface area contributed by atoms with Crippen molar-refractivity contribution in [2.45, 2.75) is 6.42 Å². The van der Waals surface area contributed by atoms with Crippen LogP contribution in [0.2, 0.25) is 0 Å². The Kier molecular flexibility index (Phi) is 3.25. The van der Waals surface area contributed by atoms with Crippen LogP contribution in [0, 0.1) is 0 Å². The molecule has 0 bridgehead atoms. The molecule has 0 saturated carbocycles. The number of amides is 2. The van der Waals surface area contributed by atoms with Crippen LogP contribution in [-0.2, 0) is 4.79 Å². The van der Waals surface area contributed by atoms with E-state index in [0.717, 1.165) is 14.8 Å². The fourth-order valence-electron chi connectivity index (χ4n) is 2.52. The summed E-state index contributed by atoms with van der Waals surface area (Å²) in [4.78, 5) is 36.5. The normalized spacial score (nSPS) is 13.9. The van der Waals surface area contributed by atoms with Crippen molar-refractivity contribution in [3.63, 3.8) is 0 Å². The first-order valence-electron chi connectivity index (χ1n) is 6.30. The first-order chi connectivity index (χ1) is 10.0. The molecule has 0 saturated heterocycles. The molecule has 2 aromatic carbocycles. The average Bonchev–Trinajstić information content (AvgIpc) is 2.45. The van der Waals surface area contributed by atoms with E-state index in [1.807, 2.05) is 6.07 Å². The molecule has 2 amide bonds. The van der Waals surface area contributed by atoms with E-state index < -0.39 is 17.8 Å². The number of aliphatic carboxylic acids is 1. The topological polar surface area (TPSA) is 74.7 Å². The van der Waals surface area contributed by atoms with Crippen molar-refractivity contribution in [1.82, 2.24) is 4.90 Å². The van der Waals surface area contributed by atoms with E-state index in [4.69, 9.17) is 5.11 Å². The van der Waals surface area contributed by atoms with E-state index in [2.05, 4.69) is 15.9 Å². The molecule has 0 spiro atoms. The summed E-state index contributed by atoms with van der Waals surface area (Å²) in [5.41, 5.74) is 0.850. The standard InChI is InChI=1S/C15H10BrNO4/c16-11-5-4-10-13-8(11)2-1-3-9(13)14(20)17(15(10)21)7-6-12(18)19/h1-5H,6-7H2,(H,18,19). The molecule has 3 rings (SSSR count). The molecule has 0 fully saturated rings. The Labute approximate surface area is 128 Å². The van der Waals surface area contributed by atoms with Crippen LogP contribution in [0.15, 0.2) is 34.8 Å². The Morgan fingerprint density at radius 1 is 1.10 bits per heavy atom. The number of carbonyl (C=O) groups is 3. The number of halogens is 1. The number of imide groups is 1. The van der Waals surface area contributed by atoms with E-state index in [9.17, 15) is 14.4 Å². The van der Waals surface area contributed by atoms with Gasteiger partial charge in [0.1, 0.15) is 0 Å². The number of hydrogen-bond donors (Lipinski definition) is 1. The quantitative estimate of drug-likeness (QED) is 0.866. The number of benzene rings is 2. The second kappa shape index (κ2) is 4.96. The molecule has 0 aromatic heterocycles. The summed E-state index contributed by atoms with van der Waals surface area (Å²) in [7, 11) is 0. The summed E-state index contributed by atoms with van der Waals surface area (Å²) in [6, 6.07) is 8.64. The molecule has 2 aromatic rings. The van der Waals surface area contributed by atoms with Crippen LogP contribution in [0.25, 0.3) is 10.8 Å². The Bertz CT molecular complexity index is 777. The predicted molar refractivity (Wildman–Crippen MR) is 79.3 cm³/mol. The number of nitrogens with zero attached hydrogens (tertiary/aromatic N) is 1. The average molecular weight is 348 g/mol. The lowest BCUT2D eigenvalue weighted by Gasteiger charge is -2.27. The van der Waals surface area contributed by atoms with Crippen LogP contribution in [0.4, 0.5) is 0 Å². The summed E-state index contributed by atoms with van der Waals surface area (Å²) in [5, 5.41) is 10.2. The summed E-state index contributed by atoms with van der Waals surface area (Å²) >= 11 is 3.41. The van der Waals surface area contributed by atoms with E-state index in [1.165, 1.54) is 0 Å². The van der Waals surface area contributed by atoms with Crippen LogP contribution < -0.4 is 0 Å². The molecular weight excluding hydrogens is 338 g/mol. The van der Waals surface area contributed by atoms with Gasteiger partial charge < -0.3 is 5.11 Å². The van der Waals surface area contributed by atoms with E-state index in [0.29, 0.717) is 16.5 Å². The van der Waals surface area contributed by atoms with Gasteiger partial charge in [0.25, 0.3) is 11.8 Å². The summed E-state index contributed by atoms with van der Waals surface area (Å²) in [6.07, 6.45) is -0.265. The third-order valence-corrected chi connectivity index (χ3v) is 4.18. The van der Waals surface area contributed by atoms with Crippen molar-refractivity contribution in [2.24, 2.45) is 0 Å². The minimum absolute atomic E-state index is 0.126. The van der Waals surface area contributed by atoms with Gasteiger partial charge in [-0.2, -0.15) is 0 Å². The molecule has 5 nitrogen and oxygen atoms in total. The number of carboxylic acids is 1. The fraction of sp³-hybridized carbons (Fsp3) is 0.133. The fourth-order valence-corrected chi connectivity index (χ4v) is 2.98. The van der Waals surface area contributed by atoms with Crippen molar-refractivity contribution < 1.29 is 19.5 Å². The first kappa shape index (κ1) is 13.8. The van der Waals surface area contributed by atoms with E-state index in [1.54, 1.807) is 24.3 Å². The maximum atomic E-state index is 12.4. The van der Waals surface area contributed by atoms with Gasteiger partial charge in [0, 0.05) is 27.5 Å². The number of carboxylic acid groups (broad SMARTS) is 1. The summed E-state index contributed by atoms with van der Waals surface area (Å²) in [5.74, 6) is -1.94. The summed E-state index contributed by atoms with van der Waals surface area (Å²) in [6.45, 7) is -0.126. The SMILES string of the molecule is O=C(O)CCN1C(=O)c2cccc3c(Br)ccc(c23)C1=O. The third-order valence-electron chi connectivity index (χ3n) is 3.49. The number of hydrogen-bond acceptors (Lipinski definition) is 3. The maximum absolute atomic E-state index is 12.4. The van der Waals surface area contributed by atoms with Crippen molar-refractivity contribution in [3.8, 4) is 0 Å². The zero-order chi connectivity index (χ0) is 15.1. The monoisotopic (exact) mass is 347 g/mol. The molecule has 6 heteroatoms. The molecule has 1 aliphatic rings. The number of rotatable bonds is 3. The minimum atomic E-state index is -1.05. The van der Waals surface area contributed by atoms with Crippen molar-refractivity contribution in [3.05, 3.63) is 45.9 Å². The van der Waals surface area contributed by atoms with Crippen LogP contribution in [0.3, 0.4) is 0 Å². The van der Waals surface area contributed by atoms with Gasteiger partial charge in [-0.1, -0.05) is 28.1 Å². The van der Waals surface area contributed by atoms with Gasteiger partial charge in [-0.3, -0.25) is 19.3 Å². The van der Waals surface area contributed by atoms with Crippen LogP contribution in [-0.4, -0.2) is 34.3 Å². The van der Waals surface area contributed by atoms with Crippen LogP contribution in [0.5, 0.6) is 0 Å². The molecular formula is C15H10BrNO4. The van der Waals surface area contributed by atoms with Crippen LogP contribution >= 0.6 is 15.9 Å². The van der Waals surface area contributed by atoms with Crippen molar-refractivity contribution >= 4 is 44.5 Å². The Hall–Kier alpha value is -2.21. The van der Waals surface area contributed by atoms with Gasteiger partial charge >= 0.3 is 5.97 Å². The summed E-state index contributed by atoms with van der Waals surface area (Å²) < 4.78 is 0.808. The van der Waals surface area contributed by atoms with Gasteiger partial charge in [-0.05, 0) is 23.6 Å². The third kappa shape index (κ3) is 2.12. The minimum Gasteiger partial charge on any atom is -0.481 e. The van der Waals surface area contributed by atoms with E-state index >= 15 is 0 Å². The first-order valence-corrected chi connectivity index (χ1v) is 7.09. The van der Waals surface area contributed by atoms with E-state index in [-0.39, 0.29) is 13.0 Å². The molecule has 21 heavy (non-hydrogen) atoms. The lowest BCUT2D eigenvalue weighted by atomic mass is 9.94. The molecule has 0 unspecified atom stereocenters. The second-order valence-corrected chi connectivity index (χ2v) is 5.58. The molecule has 1 N–H and O–H groups in total. The Balaban J connectivity index is 2.17. The highest BCUT2D eigenvalue weighted by atomic mass is 79.9. The van der Waals surface area contributed by atoms with Gasteiger partial charge in [-0.15, -0.1) is 0 Å². The van der Waals surface area contributed by atoms with Gasteiger partial charge in [0.2, 0.25) is 0 Å². The zero-order valence-electron chi connectivity index (χ0n) is 10.8. The Morgan fingerprint density at radius 3 is 2.43 bits per heavy atom. The predicted octanol–water partition coefficient (Wildman–Crippen LogP) is 2.67. The smallest absolute Gasteiger partial charge is 0.305 e. The zero-order valence-corrected chi connectivity index (χ0v) is 12.4. The van der Waals surface area contributed by atoms with Crippen LogP contribution in [0.1, 0.15) is 27.1 Å². The second-order valence-electron chi connectivity index (χ2n) is 4.73. The largest absolute Gasteiger partial charge is 0.481 e. The maximum Gasteiger partial charge on any atom is 0.305 e. The van der Waals surface area contributed by atoms with Crippen molar-refractivity contribution in [1.29, 1.82) is 0 Å². The molecule has 0 atom stereocenters. The van der Waals surface area contributed by atoms with Gasteiger partial charge in [-0.25, -0.2) is 0 Å². The highest BCUT2D eigenvalue weighted by molar-refractivity contribution is 9.10. The molecule has 1 aliphatic heterocycles. The number of carbonyl (C=O) groups excluding carboxylic acids is 2. The lowest BCUT2D eigenvalue weighted by Crippen LogP contribution is -2.41. The van der Waals surface area contributed by atoms with Gasteiger partial charge in [0.05, 0.1) is 6.42 Å².